The van der Waals surface area contributed by atoms with Crippen LogP contribution in [0.3, 0.4) is 0 Å². The molecule has 1 saturated heterocycles. The van der Waals surface area contributed by atoms with Gasteiger partial charge in [-0.2, -0.15) is 5.26 Å². The molecule has 5 nitrogen and oxygen atoms in total. The first kappa shape index (κ1) is 20.1. The maximum atomic E-state index is 12.4. The minimum atomic E-state index is -1.27. The van der Waals surface area contributed by atoms with Gasteiger partial charge >= 0.3 is 6.09 Å². The standard InChI is InChI=1S/C17H32N2O3S/c1-16(2,3)21-15(20)19-12-14(11-13(19)9-10-18)22-23(7,8)17(4,5)6/h13-14H,9,11-12H2,1-8H3. The van der Waals surface area contributed by atoms with E-state index in [1.807, 2.05) is 20.8 Å². The molecule has 2 atom stereocenters. The lowest BCUT2D eigenvalue weighted by Gasteiger charge is -2.45. The van der Waals surface area contributed by atoms with E-state index in [4.69, 9.17) is 14.2 Å². The topological polar surface area (TPSA) is 62.6 Å². The van der Waals surface area contributed by atoms with Crippen LogP contribution < -0.4 is 0 Å². The molecule has 1 fully saturated rings. The first-order valence-electron chi connectivity index (χ1n) is 8.04. The zero-order chi connectivity index (χ0) is 18.1. The summed E-state index contributed by atoms with van der Waals surface area (Å²) in [5, 5.41) is 9.04. The van der Waals surface area contributed by atoms with Crippen molar-refractivity contribution >= 4 is 16.4 Å². The van der Waals surface area contributed by atoms with Crippen LogP contribution in [0.15, 0.2) is 0 Å². The third-order valence-electron chi connectivity index (χ3n) is 4.18. The highest BCUT2D eigenvalue weighted by Crippen LogP contribution is 2.55. The van der Waals surface area contributed by atoms with Gasteiger partial charge < -0.3 is 13.8 Å². The van der Waals surface area contributed by atoms with Crippen LogP contribution in [-0.4, -0.2) is 52.5 Å². The molecule has 1 heterocycles. The Morgan fingerprint density at radius 3 is 2.26 bits per heavy atom. The molecule has 23 heavy (non-hydrogen) atoms. The Labute approximate surface area is 142 Å². The summed E-state index contributed by atoms with van der Waals surface area (Å²) in [5.41, 5.74) is -0.539. The van der Waals surface area contributed by atoms with Crippen molar-refractivity contribution in [3.05, 3.63) is 0 Å². The molecule has 0 aromatic heterocycles. The van der Waals surface area contributed by atoms with Crippen LogP contribution in [0.4, 0.5) is 4.79 Å². The summed E-state index contributed by atoms with van der Waals surface area (Å²) >= 11 is 0. The van der Waals surface area contributed by atoms with Crippen molar-refractivity contribution in [3.63, 3.8) is 0 Å². The number of carbonyl (C=O) groups is 1. The molecular weight excluding hydrogens is 312 g/mol. The van der Waals surface area contributed by atoms with E-state index in [0.717, 1.165) is 0 Å². The summed E-state index contributed by atoms with van der Waals surface area (Å²) in [4.78, 5) is 14.1. The monoisotopic (exact) mass is 344 g/mol. The number of nitrogens with zero attached hydrogens (tertiary/aromatic N) is 2. The predicted molar refractivity (Wildman–Crippen MR) is 95.6 cm³/mol. The molecule has 0 radical (unpaired) electrons. The lowest BCUT2D eigenvalue weighted by molar-refractivity contribution is 0.0217. The van der Waals surface area contributed by atoms with E-state index in [9.17, 15) is 4.79 Å². The Bertz CT molecular complexity index is 472. The highest BCUT2D eigenvalue weighted by Gasteiger charge is 2.41. The third kappa shape index (κ3) is 5.58. The molecule has 0 aromatic rings. The molecule has 0 N–H and O–H groups in total. The second-order valence-corrected chi connectivity index (χ2v) is 12.3. The van der Waals surface area contributed by atoms with Crippen molar-refractivity contribution in [2.45, 2.75) is 76.9 Å². The molecule has 1 rings (SSSR count). The van der Waals surface area contributed by atoms with Gasteiger partial charge in [-0.1, -0.05) is 20.8 Å². The molecule has 0 bridgehead atoms. The molecule has 6 heteroatoms. The van der Waals surface area contributed by atoms with Gasteiger partial charge in [0, 0.05) is 4.75 Å². The van der Waals surface area contributed by atoms with Gasteiger partial charge in [-0.05, 0) is 39.7 Å². The number of rotatable bonds is 3. The molecule has 2 unspecified atom stereocenters. The largest absolute Gasteiger partial charge is 0.444 e. The van der Waals surface area contributed by atoms with E-state index in [1.54, 1.807) is 4.90 Å². The van der Waals surface area contributed by atoms with Gasteiger partial charge in [0.2, 0.25) is 0 Å². The molecule has 1 aliphatic rings. The number of amides is 1. The van der Waals surface area contributed by atoms with Crippen LogP contribution in [0, 0.1) is 11.3 Å². The van der Waals surface area contributed by atoms with Gasteiger partial charge in [-0.3, -0.25) is 0 Å². The van der Waals surface area contributed by atoms with E-state index < -0.39 is 15.9 Å². The van der Waals surface area contributed by atoms with Gasteiger partial charge in [0.05, 0.1) is 31.2 Å². The molecule has 134 valence electrons. The van der Waals surface area contributed by atoms with Crippen molar-refractivity contribution < 1.29 is 13.7 Å². The van der Waals surface area contributed by atoms with Gasteiger partial charge in [0.15, 0.2) is 0 Å². The second-order valence-electron chi connectivity index (χ2n) is 8.45. The minimum Gasteiger partial charge on any atom is -0.444 e. The van der Waals surface area contributed by atoms with Crippen molar-refractivity contribution in [2.24, 2.45) is 0 Å². The molecule has 0 aliphatic carbocycles. The van der Waals surface area contributed by atoms with Crippen LogP contribution in [0.5, 0.6) is 0 Å². The van der Waals surface area contributed by atoms with Crippen LogP contribution in [-0.2, 0) is 8.92 Å². The van der Waals surface area contributed by atoms with Crippen LogP contribution in [0.2, 0.25) is 0 Å². The summed E-state index contributed by atoms with van der Waals surface area (Å²) < 4.78 is 11.9. The van der Waals surface area contributed by atoms with Crippen LogP contribution in [0.1, 0.15) is 54.4 Å². The van der Waals surface area contributed by atoms with E-state index in [-0.39, 0.29) is 23.0 Å². The average molecular weight is 345 g/mol. The van der Waals surface area contributed by atoms with E-state index in [0.29, 0.717) is 19.4 Å². The minimum absolute atomic E-state index is 0.0370. The Morgan fingerprint density at radius 2 is 1.83 bits per heavy atom. The molecular formula is C17H32N2O3S. The molecule has 0 aromatic carbocycles. The SMILES string of the molecule is CC(C)(C)OC(=O)N1CC(OS(C)(C)C(C)(C)C)CC1CC#N. The summed E-state index contributed by atoms with van der Waals surface area (Å²) in [6.07, 6.45) is 4.92. The summed E-state index contributed by atoms with van der Waals surface area (Å²) in [5.74, 6) is 0. The highest BCUT2D eigenvalue weighted by atomic mass is 32.3. The summed E-state index contributed by atoms with van der Waals surface area (Å²) in [6.45, 7) is 12.6. The Hall–Kier alpha value is -0.930. The number of carbonyl (C=O) groups excluding carboxylic acids is 1. The van der Waals surface area contributed by atoms with Gasteiger partial charge in [-0.15, -0.1) is 10.3 Å². The van der Waals surface area contributed by atoms with Crippen molar-refractivity contribution in [1.29, 1.82) is 5.26 Å². The Morgan fingerprint density at radius 1 is 1.26 bits per heavy atom. The third-order valence-corrected chi connectivity index (χ3v) is 7.89. The van der Waals surface area contributed by atoms with E-state index >= 15 is 0 Å². The molecule has 0 saturated carbocycles. The number of nitriles is 1. The van der Waals surface area contributed by atoms with E-state index in [1.165, 1.54) is 0 Å². The zero-order valence-corrected chi connectivity index (χ0v) is 16.6. The van der Waals surface area contributed by atoms with Crippen LogP contribution >= 0.6 is 10.3 Å². The van der Waals surface area contributed by atoms with E-state index in [2.05, 4.69) is 39.4 Å². The quantitative estimate of drug-likeness (QED) is 0.774. The van der Waals surface area contributed by atoms with Gasteiger partial charge in [-0.25, -0.2) is 4.79 Å². The molecule has 0 spiro atoms. The molecule has 1 aliphatic heterocycles. The Balaban J connectivity index is 2.82. The average Bonchev–Trinajstić information content (AvgIpc) is 2.68. The normalized spacial score (nSPS) is 23.5. The van der Waals surface area contributed by atoms with Crippen molar-refractivity contribution in [1.82, 2.24) is 4.90 Å². The number of hydrogen-bond acceptors (Lipinski definition) is 4. The van der Waals surface area contributed by atoms with Crippen LogP contribution in [0.25, 0.3) is 0 Å². The first-order valence-corrected chi connectivity index (χ1v) is 10.4. The summed E-state index contributed by atoms with van der Waals surface area (Å²) in [6, 6.07) is 2.04. The zero-order valence-electron chi connectivity index (χ0n) is 15.8. The smallest absolute Gasteiger partial charge is 0.410 e. The number of ether oxygens (including phenoxy) is 1. The van der Waals surface area contributed by atoms with Crippen molar-refractivity contribution in [2.75, 3.05) is 19.1 Å². The maximum absolute atomic E-state index is 12.4. The highest BCUT2D eigenvalue weighted by molar-refractivity contribution is 8.29. The van der Waals surface area contributed by atoms with Crippen molar-refractivity contribution in [3.8, 4) is 6.07 Å². The summed E-state index contributed by atoms with van der Waals surface area (Å²) in [7, 11) is -1.27. The Kier molecular flexibility index (Phi) is 6.04. The maximum Gasteiger partial charge on any atom is 0.410 e. The fourth-order valence-electron chi connectivity index (χ4n) is 2.27. The predicted octanol–water partition coefficient (Wildman–Crippen LogP) is 4.07. The number of likely N-dealkylation sites (tertiary alicyclic amines) is 1. The first-order chi connectivity index (χ1) is 10.3. The number of hydrogen-bond donors (Lipinski definition) is 0. The van der Waals surface area contributed by atoms with Gasteiger partial charge in [0.25, 0.3) is 0 Å². The fourth-order valence-corrected chi connectivity index (χ4v) is 3.38. The van der Waals surface area contributed by atoms with Gasteiger partial charge in [0.1, 0.15) is 5.60 Å². The molecule has 1 amide bonds. The second kappa shape index (κ2) is 6.90. The lowest BCUT2D eigenvalue weighted by Crippen LogP contribution is -2.40. The lowest BCUT2D eigenvalue weighted by atomic mass is 10.1. The fraction of sp³-hybridized carbons (Fsp3) is 0.882.